The van der Waals surface area contributed by atoms with Crippen molar-refractivity contribution in [3.05, 3.63) is 21.6 Å². The van der Waals surface area contributed by atoms with Gasteiger partial charge in [0.05, 0.1) is 11.9 Å². The van der Waals surface area contributed by atoms with E-state index in [1.807, 2.05) is 0 Å². The summed E-state index contributed by atoms with van der Waals surface area (Å²) in [6.45, 7) is 7.70. The first-order valence-corrected chi connectivity index (χ1v) is 8.18. The minimum absolute atomic E-state index is 0.175. The van der Waals surface area contributed by atoms with Gasteiger partial charge in [-0.1, -0.05) is 25.4 Å². The van der Waals surface area contributed by atoms with Gasteiger partial charge in [-0.3, -0.25) is 4.79 Å². The van der Waals surface area contributed by atoms with Crippen LogP contribution in [-0.4, -0.2) is 35.5 Å². The highest BCUT2D eigenvalue weighted by molar-refractivity contribution is 6.33. The SMILES string of the molecule is CC(C)Cn1ncc(N2CC3CCCNC3C2)c(Cl)c1=O. The molecule has 1 aromatic rings. The number of nitrogens with zero attached hydrogens (tertiary/aromatic N) is 3. The number of halogens is 1. The van der Waals surface area contributed by atoms with Crippen molar-refractivity contribution in [2.75, 3.05) is 24.5 Å². The quantitative estimate of drug-likeness (QED) is 0.924. The van der Waals surface area contributed by atoms with Crippen molar-refractivity contribution < 1.29 is 0 Å². The Balaban J connectivity index is 1.83. The Morgan fingerprint density at radius 3 is 3.00 bits per heavy atom. The molecule has 0 bridgehead atoms. The fourth-order valence-corrected chi connectivity index (χ4v) is 3.66. The topological polar surface area (TPSA) is 50.2 Å². The smallest absolute Gasteiger partial charge is 0.287 e. The van der Waals surface area contributed by atoms with E-state index >= 15 is 0 Å². The van der Waals surface area contributed by atoms with Crippen LogP contribution in [0, 0.1) is 11.8 Å². The van der Waals surface area contributed by atoms with Crippen molar-refractivity contribution in [2.24, 2.45) is 11.8 Å². The van der Waals surface area contributed by atoms with Crippen LogP contribution in [0.4, 0.5) is 5.69 Å². The Kier molecular flexibility index (Phi) is 4.22. The fourth-order valence-electron chi connectivity index (χ4n) is 3.40. The van der Waals surface area contributed by atoms with Gasteiger partial charge in [-0.2, -0.15) is 5.10 Å². The Morgan fingerprint density at radius 2 is 2.29 bits per heavy atom. The molecule has 2 aliphatic rings. The summed E-state index contributed by atoms with van der Waals surface area (Å²) < 4.78 is 1.47. The molecule has 0 aliphatic carbocycles. The molecule has 2 unspecified atom stereocenters. The number of hydrogen-bond acceptors (Lipinski definition) is 4. The van der Waals surface area contributed by atoms with E-state index in [0.29, 0.717) is 29.4 Å². The minimum Gasteiger partial charge on any atom is -0.367 e. The van der Waals surface area contributed by atoms with E-state index in [4.69, 9.17) is 11.6 Å². The normalized spacial score (nSPS) is 25.4. The molecule has 116 valence electrons. The van der Waals surface area contributed by atoms with E-state index in [-0.39, 0.29) is 5.56 Å². The maximum atomic E-state index is 12.3. The van der Waals surface area contributed by atoms with E-state index < -0.39 is 0 Å². The Bertz CT molecular complexity index is 557. The largest absolute Gasteiger partial charge is 0.367 e. The van der Waals surface area contributed by atoms with Crippen molar-refractivity contribution >= 4 is 17.3 Å². The average molecular weight is 311 g/mol. The highest BCUT2D eigenvalue weighted by atomic mass is 35.5. The summed E-state index contributed by atoms with van der Waals surface area (Å²) in [5.41, 5.74) is 0.614. The number of anilines is 1. The van der Waals surface area contributed by atoms with Crippen LogP contribution in [0.3, 0.4) is 0 Å². The molecule has 1 N–H and O–H groups in total. The molecule has 5 nitrogen and oxygen atoms in total. The van der Waals surface area contributed by atoms with Gasteiger partial charge in [0.15, 0.2) is 0 Å². The molecule has 0 saturated carbocycles. The summed E-state index contributed by atoms with van der Waals surface area (Å²) in [5.74, 6) is 1.03. The standard InChI is InChI=1S/C15H23ClN4O/c1-10(2)7-20-15(21)14(16)13(6-18-20)19-8-11-4-3-5-17-12(11)9-19/h6,10-12,17H,3-5,7-9H2,1-2H3. The Hall–Kier alpha value is -1.07. The molecule has 0 radical (unpaired) electrons. The van der Waals surface area contributed by atoms with Gasteiger partial charge in [0.1, 0.15) is 5.02 Å². The lowest BCUT2D eigenvalue weighted by Gasteiger charge is -2.24. The van der Waals surface area contributed by atoms with Crippen LogP contribution in [0.5, 0.6) is 0 Å². The molecule has 3 heterocycles. The summed E-state index contributed by atoms with van der Waals surface area (Å²) in [6.07, 6.45) is 4.24. The third-order valence-electron chi connectivity index (χ3n) is 4.44. The van der Waals surface area contributed by atoms with Crippen molar-refractivity contribution in [3.8, 4) is 0 Å². The lowest BCUT2D eigenvalue weighted by Crippen LogP contribution is -2.40. The van der Waals surface area contributed by atoms with Gasteiger partial charge in [0, 0.05) is 25.7 Å². The summed E-state index contributed by atoms with van der Waals surface area (Å²) in [5, 5.41) is 8.17. The second-order valence-electron chi connectivity index (χ2n) is 6.59. The van der Waals surface area contributed by atoms with Crippen LogP contribution in [0.1, 0.15) is 26.7 Å². The number of fused-ring (bicyclic) bond motifs is 1. The van der Waals surface area contributed by atoms with Crippen LogP contribution in [0.15, 0.2) is 11.0 Å². The second-order valence-corrected chi connectivity index (χ2v) is 6.97. The van der Waals surface area contributed by atoms with Crippen LogP contribution in [-0.2, 0) is 6.54 Å². The molecule has 2 saturated heterocycles. The van der Waals surface area contributed by atoms with Gasteiger partial charge >= 0.3 is 0 Å². The zero-order valence-electron chi connectivity index (χ0n) is 12.7. The molecule has 2 fully saturated rings. The molecule has 0 amide bonds. The van der Waals surface area contributed by atoms with E-state index in [1.165, 1.54) is 17.5 Å². The van der Waals surface area contributed by atoms with E-state index in [1.54, 1.807) is 6.20 Å². The molecule has 2 atom stereocenters. The predicted octanol–water partition coefficient (Wildman–Crippen LogP) is 1.74. The molecular weight excluding hydrogens is 288 g/mol. The monoisotopic (exact) mass is 310 g/mol. The Labute approximate surface area is 130 Å². The zero-order chi connectivity index (χ0) is 15.0. The van der Waals surface area contributed by atoms with Gasteiger partial charge in [-0.05, 0) is 31.2 Å². The number of piperidine rings is 1. The Morgan fingerprint density at radius 1 is 1.48 bits per heavy atom. The minimum atomic E-state index is -0.175. The van der Waals surface area contributed by atoms with E-state index in [9.17, 15) is 4.79 Å². The second kappa shape index (κ2) is 5.97. The van der Waals surface area contributed by atoms with E-state index in [2.05, 4.69) is 29.2 Å². The van der Waals surface area contributed by atoms with Gasteiger partial charge in [0.2, 0.25) is 0 Å². The molecule has 2 aliphatic heterocycles. The highest BCUT2D eigenvalue weighted by Gasteiger charge is 2.35. The molecule has 1 aromatic heterocycles. The van der Waals surface area contributed by atoms with Crippen molar-refractivity contribution in [3.63, 3.8) is 0 Å². The third-order valence-corrected chi connectivity index (χ3v) is 4.80. The fraction of sp³-hybridized carbons (Fsp3) is 0.733. The predicted molar refractivity (Wildman–Crippen MR) is 85.1 cm³/mol. The van der Waals surface area contributed by atoms with Crippen molar-refractivity contribution in [1.82, 2.24) is 15.1 Å². The average Bonchev–Trinajstić information content (AvgIpc) is 2.87. The summed E-state index contributed by atoms with van der Waals surface area (Å²) >= 11 is 6.32. The summed E-state index contributed by atoms with van der Waals surface area (Å²) in [7, 11) is 0. The molecule has 3 rings (SSSR count). The highest BCUT2D eigenvalue weighted by Crippen LogP contribution is 2.31. The number of nitrogens with one attached hydrogen (secondary N) is 1. The van der Waals surface area contributed by atoms with Gasteiger partial charge in [-0.25, -0.2) is 4.68 Å². The van der Waals surface area contributed by atoms with Crippen LogP contribution >= 0.6 is 11.6 Å². The van der Waals surface area contributed by atoms with E-state index in [0.717, 1.165) is 25.3 Å². The summed E-state index contributed by atoms with van der Waals surface area (Å²) in [6, 6.07) is 0.521. The number of rotatable bonds is 3. The maximum absolute atomic E-state index is 12.3. The van der Waals surface area contributed by atoms with Crippen LogP contribution < -0.4 is 15.8 Å². The van der Waals surface area contributed by atoms with Gasteiger partial charge in [0.25, 0.3) is 5.56 Å². The molecular formula is C15H23ClN4O. The molecule has 0 aromatic carbocycles. The first-order chi connectivity index (χ1) is 10.1. The zero-order valence-corrected chi connectivity index (χ0v) is 13.4. The first kappa shape index (κ1) is 14.9. The maximum Gasteiger partial charge on any atom is 0.287 e. The van der Waals surface area contributed by atoms with Crippen LogP contribution in [0.25, 0.3) is 0 Å². The first-order valence-electron chi connectivity index (χ1n) is 7.80. The van der Waals surface area contributed by atoms with Gasteiger partial charge in [-0.15, -0.1) is 0 Å². The number of hydrogen-bond donors (Lipinski definition) is 1. The third kappa shape index (κ3) is 2.94. The molecule has 21 heavy (non-hydrogen) atoms. The van der Waals surface area contributed by atoms with Crippen LogP contribution in [0.2, 0.25) is 5.02 Å². The molecule has 0 spiro atoms. The van der Waals surface area contributed by atoms with Crippen molar-refractivity contribution in [2.45, 2.75) is 39.3 Å². The lowest BCUT2D eigenvalue weighted by atomic mass is 9.94. The lowest BCUT2D eigenvalue weighted by molar-refractivity contribution is 0.340. The van der Waals surface area contributed by atoms with Crippen molar-refractivity contribution in [1.29, 1.82) is 0 Å². The van der Waals surface area contributed by atoms with Gasteiger partial charge < -0.3 is 10.2 Å². The number of aromatic nitrogens is 2. The summed E-state index contributed by atoms with van der Waals surface area (Å²) in [4.78, 5) is 14.5. The molecule has 6 heteroatoms.